The van der Waals surface area contributed by atoms with E-state index in [-0.39, 0.29) is 29.3 Å². The minimum absolute atomic E-state index is 0.0397. The zero-order valence-corrected chi connectivity index (χ0v) is 20.9. The second kappa shape index (κ2) is 9.46. The molecule has 0 spiro atoms. The first-order valence-corrected chi connectivity index (χ1v) is 12.8. The monoisotopic (exact) mass is 524 g/mol. The van der Waals surface area contributed by atoms with E-state index in [0.29, 0.717) is 29.8 Å². The highest BCUT2D eigenvalue weighted by atomic mass is 16.6. The predicted octanol–water partition coefficient (Wildman–Crippen LogP) is 3.94. The minimum Gasteiger partial charge on any atom is -0.306 e. The lowest BCUT2D eigenvalue weighted by atomic mass is 10.0. The van der Waals surface area contributed by atoms with Gasteiger partial charge in [-0.3, -0.25) is 34.2 Å². The lowest BCUT2D eigenvalue weighted by Gasteiger charge is -2.31. The van der Waals surface area contributed by atoms with Gasteiger partial charge in [-0.1, -0.05) is 42.8 Å². The largest absolute Gasteiger partial charge is 0.306 e. The summed E-state index contributed by atoms with van der Waals surface area (Å²) < 4.78 is 0. The van der Waals surface area contributed by atoms with Gasteiger partial charge in [0.25, 0.3) is 17.5 Å². The van der Waals surface area contributed by atoms with Crippen molar-refractivity contribution in [3.63, 3.8) is 0 Å². The SMILES string of the molecule is O=C1c2ccccc2C(=O)N1CC(=O)N1c2ccccc2N(Cc2ccc([N+](=O)[O-])cc2)C(=O)[C@H]2CCCC21. The summed E-state index contributed by atoms with van der Waals surface area (Å²) in [6, 6.07) is 19.2. The van der Waals surface area contributed by atoms with Crippen molar-refractivity contribution < 1.29 is 24.1 Å². The van der Waals surface area contributed by atoms with Crippen LogP contribution in [0.2, 0.25) is 0 Å². The number of rotatable bonds is 5. The van der Waals surface area contributed by atoms with E-state index in [2.05, 4.69) is 0 Å². The van der Waals surface area contributed by atoms with E-state index in [9.17, 15) is 29.3 Å². The van der Waals surface area contributed by atoms with Crippen molar-refractivity contribution >= 4 is 40.7 Å². The van der Waals surface area contributed by atoms with E-state index in [1.165, 1.54) is 12.1 Å². The van der Waals surface area contributed by atoms with Crippen LogP contribution in [0.4, 0.5) is 17.1 Å². The molecule has 10 nitrogen and oxygen atoms in total. The number of para-hydroxylation sites is 2. The third-order valence-electron chi connectivity index (χ3n) is 7.75. The van der Waals surface area contributed by atoms with Crippen LogP contribution in [-0.2, 0) is 16.1 Å². The van der Waals surface area contributed by atoms with Crippen molar-refractivity contribution in [1.29, 1.82) is 0 Å². The molecule has 2 atom stereocenters. The van der Waals surface area contributed by atoms with E-state index in [0.717, 1.165) is 11.3 Å². The van der Waals surface area contributed by atoms with Gasteiger partial charge in [-0.15, -0.1) is 0 Å². The molecule has 0 bridgehead atoms. The molecule has 1 fully saturated rings. The van der Waals surface area contributed by atoms with E-state index in [4.69, 9.17) is 0 Å². The lowest BCUT2D eigenvalue weighted by molar-refractivity contribution is -0.384. The van der Waals surface area contributed by atoms with E-state index in [1.807, 2.05) is 0 Å². The number of amides is 4. The molecule has 0 N–H and O–H groups in total. The number of carbonyl (C=O) groups excluding carboxylic acids is 4. The smallest absolute Gasteiger partial charge is 0.269 e. The third kappa shape index (κ3) is 4.04. The molecule has 3 aromatic rings. The normalized spacial score (nSPS) is 20.0. The second-order valence-electron chi connectivity index (χ2n) is 9.95. The first kappa shape index (κ1) is 24.5. The highest BCUT2D eigenvalue weighted by Gasteiger charge is 2.47. The number of nitro groups is 1. The molecule has 196 valence electrons. The first-order chi connectivity index (χ1) is 18.8. The van der Waals surface area contributed by atoms with Crippen LogP contribution in [0.1, 0.15) is 45.5 Å². The van der Waals surface area contributed by atoms with Gasteiger partial charge in [0, 0.05) is 18.2 Å². The highest BCUT2D eigenvalue weighted by Crippen LogP contribution is 2.43. The average molecular weight is 525 g/mol. The number of carbonyl (C=O) groups is 4. The van der Waals surface area contributed by atoms with Gasteiger partial charge in [0.05, 0.1) is 39.9 Å². The fraction of sp³-hybridized carbons (Fsp3) is 0.241. The molecular formula is C29H24N4O6. The fourth-order valence-electron chi connectivity index (χ4n) is 5.91. The van der Waals surface area contributed by atoms with Gasteiger partial charge in [0.2, 0.25) is 11.8 Å². The van der Waals surface area contributed by atoms with Crippen molar-refractivity contribution in [1.82, 2.24) is 4.90 Å². The molecule has 6 rings (SSSR count). The number of nitrogens with zero attached hydrogens (tertiary/aromatic N) is 4. The van der Waals surface area contributed by atoms with Crippen LogP contribution in [0.15, 0.2) is 72.8 Å². The standard InChI is InChI=1S/C29H24N4O6/c34-26(17-31-27(35)20-6-1-2-7-21(20)28(31)36)32-23-11-5-8-22(23)29(37)30(24-9-3-4-10-25(24)32)16-18-12-14-19(15-13-18)33(38)39/h1-4,6-7,9-10,12-15,22-23H,5,8,11,16-17H2/t22-,23?/m0/s1. The summed E-state index contributed by atoms with van der Waals surface area (Å²) in [7, 11) is 0. The van der Waals surface area contributed by atoms with Crippen molar-refractivity contribution in [2.75, 3.05) is 16.3 Å². The van der Waals surface area contributed by atoms with Crippen molar-refractivity contribution in [2.45, 2.75) is 31.8 Å². The van der Waals surface area contributed by atoms with E-state index < -0.39 is 41.1 Å². The predicted molar refractivity (Wildman–Crippen MR) is 141 cm³/mol. The Morgan fingerprint density at radius 1 is 0.821 bits per heavy atom. The maximum atomic E-state index is 13.9. The van der Waals surface area contributed by atoms with Gasteiger partial charge in [0.15, 0.2) is 0 Å². The molecule has 1 saturated carbocycles. The van der Waals surface area contributed by atoms with Gasteiger partial charge in [0.1, 0.15) is 6.54 Å². The van der Waals surface area contributed by atoms with Crippen LogP contribution in [0, 0.1) is 16.0 Å². The maximum absolute atomic E-state index is 13.9. The minimum atomic E-state index is -0.508. The Morgan fingerprint density at radius 3 is 2.08 bits per heavy atom. The quantitative estimate of drug-likeness (QED) is 0.283. The summed E-state index contributed by atoms with van der Waals surface area (Å²) in [5, 5.41) is 11.1. The first-order valence-electron chi connectivity index (χ1n) is 12.8. The van der Waals surface area contributed by atoms with Crippen molar-refractivity contribution in [2.24, 2.45) is 5.92 Å². The Bertz CT molecular complexity index is 1500. The van der Waals surface area contributed by atoms with Crippen LogP contribution >= 0.6 is 0 Å². The van der Waals surface area contributed by atoms with Crippen LogP contribution in [0.3, 0.4) is 0 Å². The van der Waals surface area contributed by atoms with E-state index in [1.54, 1.807) is 70.5 Å². The fourth-order valence-corrected chi connectivity index (χ4v) is 5.91. The van der Waals surface area contributed by atoms with E-state index >= 15 is 0 Å². The number of hydrogen-bond acceptors (Lipinski definition) is 6. The molecule has 2 heterocycles. The summed E-state index contributed by atoms with van der Waals surface area (Å²) in [5.74, 6) is -2.03. The molecule has 2 aliphatic heterocycles. The van der Waals surface area contributed by atoms with Crippen LogP contribution < -0.4 is 9.80 Å². The third-order valence-corrected chi connectivity index (χ3v) is 7.75. The molecule has 0 saturated heterocycles. The average Bonchev–Trinajstić information content (AvgIpc) is 3.49. The van der Waals surface area contributed by atoms with Gasteiger partial charge in [-0.2, -0.15) is 0 Å². The molecule has 0 aromatic heterocycles. The van der Waals surface area contributed by atoms with Gasteiger partial charge >= 0.3 is 0 Å². The topological polar surface area (TPSA) is 121 Å². The van der Waals surface area contributed by atoms with Crippen molar-refractivity contribution in [3.8, 4) is 0 Å². The summed E-state index contributed by atoms with van der Waals surface area (Å²) in [4.78, 5) is 68.6. The Kier molecular flexibility index (Phi) is 5.94. The van der Waals surface area contributed by atoms with Gasteiger partial charge in [-0.25, -0.2) is 0 Å². The van der Waals surface area contributed by atoms with Crippen LogP contribution in [-0.4, -0.2) is 46.0 Å². The van der Waals surface area contributed by atoms with Gasteiger partial charge in [-0.05, 0) is 42.7 Å². The molecule has 0 radical (unpaired) electrons. The molecular weight excluding hydrogens is 500 g/mol. The highest BCUT2D eigenvalue weighted by molar-refractivity contribution is 6.23. The summed E-state index contributed by atoms with van der Waals surface area (Å²) >= 11 is 0. The van der Waals surface area contributed by atoms with Gasteiger partial charge < -0.3 is 9.80 Å². The Hall–Kier alpha value is -4.86. The summed E-state index contributed by atoms with van der Waals surface area (Å²) in [5.41, 5.74) is 2.28. The summed E-state index contributed by atoms with van der Waals surface area (Å²) in [6.45, 7) is -0.252. The maximum Gasteiger partial charge on any atom is 0.269 e. The number of non-ortho nitro benzene ring substituents is 1. The molecule has 3 aromatic carbocycles. The summed E-state index contributed by atoms with van der Waals surface area (Å²) in [6.07, 6.45) is 1.97. The Labute approximate surface area is 223 Å². The molecule has 3 aliphatic rings. The van der Waals surface area contributed by atoms with Crippen molar-refractivity contribution in [3.05, 3.63) is 99.6 Å². The molecule has 1 aliphatic carbocycles. The number of imide groups is 1. The van der Waals surface area contributed by atoms with Crippen LogP contribution in [0.5, 0.6) is 0 Å². The molecule has 39 heavy (non-hydrogen) atoms. The number of nitro benzene ring substituents is 1. The number of anilines is 2. The number of fused-ring (bicyclic) bond motifs is 3. The number of benzene rings is 3. The Balaban J connectivity index is 1.35. The Morgan fingerprint density at radius 2 is 1.44 bits per heavy atom. The second-order valence-corrected chi connectivity index (χ2v) is 9.95. The molecule has 1 unspecified atom stereocenters. The lowest BCUT2D eigenvalue weighted by Crippen LogP contribution is -2.49. The molecule has 4 amide bonds. The van der Waals surface area contributed by atoms with Crippen LogP contribution in [0.25, 0.3) is 0 Å². The molecule has 10 heteroatoms. The number of hydrogen-bond donors (Lipinski definition) is 0. The zero-order chi connectivity index (χ0) is 27.3. The zero-order valence-electron chi connectivity index (χ0n) is 20.9.